The average Bonchev–Trinajstić information content (AvgIpc) is 2.42. The molecule has 2 aromatic carbocycles. The van der Waals surface area contributed by atoms with Crippen molar-refractivity contribution in [3.63, 3.8) is 0 Å². The Morgan fingerprint density at radius 3 is 2.42 bits per heavy atom. The summed E-state index contributed by atoms with van der Waals surface area (Å²) in [6, 6.07) is 12.6. The number of aryl methyl sites for hydroxylation is 1. The van der Waals surface area contributed by atoms with Gasteiger partial charge in [-0.1, -0.05) is 18.2 Å². The molecular weight excluding hydrogens is 242 g/mol. The molecule has 0 saturated heterocycles. The third-order valence-electron chi connectivity index (χ3n) is 2.96. The quantitative estimate of drug-likeness (QED) is 0.637. The number of rotatable bonds is 4. The van der Waals surface area contributed by atoms with Crippen LogP contribution in [-0.2, 0) is 0 Å². The molecular formula is C15H17NO3. The second-order valence-electron chi connectivity index (χ2n) is 4.47. The van der Waals surface area contributed by atoms with E-state index in [9.17, 15) is 15.3 Å². The van der Waals surface area contributed by atoms with Crippen LogP contribution in [0.3, 0.4) is 0 Å². The molecule has 4 heteroatoms. The van der Waals surface area contributed by atoms with E-state index in [1.807, 2.05) is 30.3 Å². The van der Waals surface area contributed by atoms with Gasteiger partial charge in [-0.05, 0) is 42.3 Å². The Kier molecular flexibility index (Phi) is 3.92. The highest BCUT2D eigenvalue weighted by Gasteiger charge is 2.12. The number of anilines is 1. The fraction of sp³-hybridized carbons (Fsp3) is 0.200. The molecule has 0 aliphatic carbocycles. The maximum atomic E-state index is 10.1. The van der Waals surface area contributed by atoms with Crippen molar-refractivity contribution >= 4 is 5.69 Å². The lowest BCUT2D eigenvalue weighted by Gasteiger charge is -2.15. The zero-order chi connectivity index (χ0) is 13.8. The predicted molar refractivity (Wildman–Crippen MR) is 74.4 cm³/mol. The third kappa shape index (κ3) is 3.17. The number of nitrogens with one attached hydrogen (secondary N) is 1. The average molecular weight is 259 g/mol. The van der Waals surface area contributed by atoms with E-state index in [4.69, 9.17) is 0 Å². The van der Waals surface area contributed by atoms with Crippen molar-refractivity contribution in [1.82, 2.24) is 0 Å². The Bertz CT molecular complexity index is 532. The number of aliphatic hydroxyl groups is 1. The van der Waals surface area contributed by atoms with Gasteiger partial charge in [0.25, 0.3) is 0 Å². The molecule has 0 aliphatic rings. The summed E-state index contributed by atoms with van der Waals surface area (Å²) in [5.74, 6) is -0.360. The van der Waals surface area contributed by atoms with Gasteiger partial charge in [-0.15, -0.1) is 0 Å². The van der Waals surface area contributed by atoms with Crippen LogP contribution >= 0.6 is 0 Å². The second kappa shape index (κ2) is 5.63. The normalized spacial score (nSPS) is 12.1. The molecule has 0 saturated carbocycles. The summed E-state index contributed by atoms with van der Waals surface area (Å²) in [5, 5.41) is 32.2. The summed E-state index contributed by atoms with van der Waals surface area (Å²) in [4.78, 5) is 0. The molecule has 1 unspecified atom stereocenters. The first kappa shape index (κ1) is 13.2. The fourth-order valence-corrected chi connectivity index (χ4v) is 1.87. The van der Waals surface area contributed by atoms with Crippen LogP contribution in [0, 0.1) is 6.92 Å². The van der Waals surface area contributed by atoms with E-state index in [1.165, 1.54) is 6.07 Å². The third-order valence-corrected chi connectivity index (χ3v) is 2.96. The first-order chi connectivity index (χ1) is 9.08. The summed E-state index contributed by atoms with van der Waals surface area (Å²) in [6.07, 6.45) is -0.759. The number of hydrogen-bond acceptors (Lipinski definition) is 4. The summed E-state index contributed by atoms with van der Waals surface area (Å²) in [6.45, 7) is 2.00. The first-order valence-electron chi connectivity index (χ1n) is 6.07. The van der Waals surface area contributed by atoms with E-state index in [2.05, 4.69) is 5.32 Å². The molecule has 0 heterocycles. The van der Waals surface area contributed by atoms with Crippen molar-refractivity contribution < 1.29 is 15.3 Å². The number of phenolic OH excluding ortho intramolecular Hbond substituents is 2. The molecule has 4 N–H and O–H groups in total. The van der Waals surface area contributed by atoms with Crippen LogP contribution < -0.4 is 5.32 Å². The fourth-order valence-electron chi connectivity index (χ4n) is 1.87. The standard InChI is InChI=1S/C15H17NO3/c1-10-7-11(8-13(17)15(10)19)14(18)9-16-12-5-3-2-4-6-12/h2-8,14,16-19H,9H2,1H3. The van der Waals surface area contributed by atoms with Crippen LogP contribution in [0.15, 0.2) is 42.5 Å². The highest BCUT2D eigenvalue weighted by atomic mass is 16.3. The molecule has 0 fully saturated rings. The van der Waals surface area contributed by atoms with Crippen molar-refractivity contribution in [3.05, 3.63) is 53.6 Å². The van der Waals surface area contributed by atoms with Crippen LogP contribution in [0.25, 0.3) is 0 Å². The van der Waals surface area contributed by atoms with Gasteiger partial charge in [0.05, 0.1) is 6.10 Å². The maximum absolute atomic E-state index is 10.1. The number of aromatic hydroxyl groups is 2. The molecule has 2 aromatic rings. The van der Waals surface area contributed by atoms with Crippen molar-refractivity contribution in [1.29, 1.82) is 0 Å². The Balaban J connectivity index is 2.06. The Hall–Kier alpha value is -2.20. The molecule has 0 bridgehead atoms. The molecule has 0 radical (unpaired) electrons. The largest absolute Gasteiger partial charge is 0.504 e. The summed E-state index contributed by atoms with van der Waals surface area (Å²) in [5.41, 5.74) is 2.02. The second-order valence-corrected chi connectivity index (χ2v) is 4.47. The van der Waals surface area contributed by atoms with Crippen molar-refractivity contribution in [2.24, 2.45) is 0 Å². The molecule has 2 rings (SSSR count). The molecule has 0 amide bonds. The summed E-state index contributed by atoms with van der Waals surface area (Å²) in [7, 11) is 0. The van der Waals surface area contributed by atoms with Gasteiger partial charge in [0.1, 0.15) is 0 Å². The molecule has 1 atom stereocenters. The molecule has 0 aromatic heterocycles. The minimum absolute atomic E-state index is 0.146. The van der Waals surface area contributed by atoms with Crippen molar-refractivity contribution in [2.75, 3.05) is 11.9 Å². The van der Waals surface area contributed by atoms with Gasteiger partial charge in [0.2, 0.25) is 0 Å². The number of hydrogen-bond donors (Lipinski definition) is 4. The van der Waals surface area contributed by atoms with E-state index in [-0.39, 0.29) is 11.5 Å². The SMILES string of the molecule is Cc1cc(C(O)CNc2ccccc2)cc(O)c1O. The lowest BCUT2D eigenvalue weighted by molar-refractivity contribution is 0.191. The van der Waals surface area contributed by atoms with E-state index in [0.717, 1.165) is 5.69 Å². The van der Waals surface area contributed by atoms with Gasteiger partial charge in [-0.2, -0.15) is 0 Å². The number of aliphatic hydroxyl groups excluding tert-OH is 1. The van der Waals surface area contributed by atoms with E-state index < -0.39 is 6.10 Å². The molecule has 19 heavy (non-hydrogen) atoms. The monoisotopic (exact) mass is 259 g/mol. The van der Waals surface area contributed by atoms with Crippen LogP contribution in [0.2, 0.25) is 0 Å². The summed E-state index contributed by atoms with van der Waals surface area (Å²) < 4.78 is 0. The number of phenols is 2. The zero-order valence-corrected chi connectivity index (χ0v) is 10.7. The smallest absolute Gasteiger partial charge is 0.160 e. The molecule has 0 aliphatic heterocycles. The van der Waals surface area contributed by atoms with E-state index in [0.29, 0.717) is 17.7 Å². The molecule has 100 valence electrons. The predicted octanol–water partition coefficient (Wildman–Crippen LogP) is 2.55. The lowest BCUT2D eigenvalue weighted by Crippen LogP contribution is -2.12. The Morgan fingerprint density at radius 1 is 1.11 bits per heavy atom. The lowest BCUT2D eigenvalue weighted by atomic mass is 10.0. The number of para-hydroxylation sites is 1. The first-order valence-corrected chi connectivity index (χ1v) is 6.07. The minimum Gasteiger partial charge on any atom is -0.504 e. The highest BCUT2D eigenvalue weighted by molar-refractivity contribution is 5.48. The van der Waals surface area contributed by atoms with Gasteiger partial charge < -0.3 is 20.6 Å². The van der Waals surface area contributed by atoms with Gasteiger partial charge in [-0.3, -0.25) is 0 Å². The van der Waals surface area contributed by atoms with Crippen LogP contribution in [-0.4, -0.2) is 21.9 Å². The van der Waals surface area contributed by atoms with Crippen molar-refractivity contribution in [2.45, 2.75) is 13.0 Å². The van der Waals surface area contributed by atoms with Crippen LogP contribution in [0.1, 0.15) is 17.2 Å². The van der Waals surface area contributed by atoms with Gasteiger partial charge >= 0.3 is 0 Å². The van der Waals surface area contributed by atoms with Gasteiger partial charge in [0.15, 0.2) is 11.5 Å². The van der Waals surface area contributed by atoms with Gasteiger partial charge in [-0.25, -0.2) is 0 Å². The van der Waals surface area contributed by atoms with Crippen molar-refractivity contribution in [3.8, 4) is 11.5 Å². The highest BCUT2D eigenvalue weighted by Crippen LogP contribution is 2.31. The van der Waals surface area contributed by atoms with Crippen LogP contribution in [0.5, 0.6) is 11.5 Å². The topological polar surface area (TPSA) is 72.7 Å². The number of benzene rings is 2. The Labute approximate surface area is 112 Å². The van der Waals surface area contributed by atoms with E-state index >= 15 is 0 Å². The van der Waals surface area contributed by atoms with Gasteiger partial charge in [0, 0.05) is 12.2 Å². The maximum Gasteiger partial charge on any atom is 0.160 e. The van der Waals surface area contributed by atoms with Crippen LogP contribution in [0.4, 0.5) is 5.69 Å². The minimum atomic E-state index is -0.759. The molecule has 0 spiro atoms. The Morgan fingerprint density at radius 2 is 1.79 bits per heavy atom. The summed E-state index contributed by atoms with van der Waals surface area (Å²) >= 11 is 0. The molecule has 4 nitrogen and oxygen atoms in total. The van der Waals surface area contributed by atoms with E-state index in [1.54, 1.807) is 13.0 Å². The zero-order valence-electron chi connectivity index (χ0n) is 10.7.